The van der Waals surface area contributed by atoms with Crippen molar-refractivity contribution in [1.29, 1.82) is 0 Å². The van der Waals surface area contributed by atoms with Crippen LogP contribution < -0.4 is 5.32 Å². The van der Waals surface area contributed by atoms with E-state index in [1.807, 2.05) is 0 Å². The van der Waals surface area contributed by atoms with Gasteiger partial charge in [0.25, 0.3) is 0 Å². The number of aliphatic carboxylic acids is 1. The van der Waals surface area contributed by atoms with Crippen LogP contribution in [-0.2, 0) is 9.59 Å². The highest BCUT2D eigenvalue weighted by atomic mass is 16.4. The van der Waals surface area contributed by atoms with Crippen molar-refractivity contribution < 1.29 is 14.7 Å². The van der Waals surface area contributed by atoms with Gasteiger partial charge in [-0.2, -0.15) is 0 Å². The molecule has 15 heavy (non-hydrogen) atoms. The summed E-state index contributed by atoms with van der Waals surface area (Å²) in [5, 5.41) is 11.9. The molecule has 1 heterocycles. The third-order valence-corrected chi connectivity index (χ3v) is 3.49. The van der Waals surface area contributed by atoms with Gasteiger partial charge in [-0.25, -0.2) is 0 Å². The standard InChI is InChI=1S/C11H17NO3/c13-10(14)6-9-11(15)7-3-1-2-4-8(5-7)12-9/h7-9,12H,1-6H2,(H,13,14)/t7?,8?,9-/m0/s1. The molecule has 0 spiro atoms. The van der Waals surface area contributed by atoms with Gasteiger partial charge in [0.15, 0.2) is 5.78 Å². The molecule has 4 heteroatoms. The monoisotopic (exact) mass is 211 g/mol. The van der Waals surface area contributed by atoms with Crippen molar-refractivity contribution in [2.45, 2.75) is 50.6 Å². The van der Waals surface area contributed by atoms with Crippen molar-refractivity contribution in [3.05, 3.63) is 0 Å². The molecule has 2 fully saturated rings. The predicted molar refractivity (Wildman–Crippen MR) is 54.5 cm³/mol. The van der Waals surface area contributed by atoms with E-state index in [0.717, 1.165) is 32.1 Å². The summed E-state index contributed by atoms with van der Waals surface area (Å²) in [5.41, 5.74) is 0. The lowest BCUT2D eigenvalue weighted by molar-refractivity contribution is -0.141. The fraction of sp³-hybridized carbons (Fsp3) is 0.818. The molecule has 2 aliphatic rings. The van der Waals surface area contributed by atoms with Crippen molar-refractivity contribution in [3.63, 3.8) is 0 Å². The Morgan fingerprint density at radius 3 is 2.87 bits per heavy atom. The minimum absolute atomic E-state index is 0.0637. The van der Waals surface area contributed by atoms with E-state index in [1.54, 1.807) is 0 Å². The quantitative estimate of drug-likeness (QED) is 0.713. The maximum atomic E-state index is 11.9. The molecule has 0 aromatic rings. The topological polar surface area (TPSA) is 66.4 Å². The van der Waals surface area contributed by atoms with Gasteiger partial charge < -0.3 is 10.4 Å². The first-order valence-electron chi connectivity index (χ1n) is 5.68. The van der Waals surface area contributed by atoms with Crippen molar-refractivity contribution in [1.82, 2.24) is 5.32 Å². The Bertz CT molecular complexity index is 277. The van der Waals surface area contributed by atoms with Crippen LogP contribution in [-0.4, -0.2) is 28.9 Å². The van der Waals surface area contributed by atoms with Gasteiger partial charge >= 0.3 is 5.97 Å². The van der Waals surface area contributed by atoms with Crippen molar-refractivity contribution in [3.8, 4) is 0 Å². The number of fused-ring (bicyclic) bond motifs is 2. The van der Waals surface area contributed by atoms with E-state index in [1.165, 1.54) is 0 Å². The molecule has 2 unspecified atom stereocenters. The molecule has 2 rings (SSSR count). The molecule has 2 N–H and O–H groups in total. The summed E-state index contributed by atoms with van der Waals surface area (Å²) >= 11 is 0. The first-order valence-corrected chi connectivity index (χ1v) is 5.68. The Morgan fingerprint density at radius 1 is 1.40 bits per heavy atom. The molecular formula is C11H17NO3. The lowest BCUT2D eigenvalue weighted by Gasteiger charge is -2.32. The molecule has 1 aliphatic carbocycles. The second-order valence-corrected chi connectivity index (χ2v) is 4.63. The molecule has 0 radical (unpaired) electrons. The Hall–Kier alpha value is -0.900. The van der Waals surface area contributed by atoms with Crippen LogP contribution in [0.1, 0.15) is 38.5 Å². The third-order valence-electron chi connectivity index (χ3n) is 3.49. The van der Waals surface area contributed by atoms with E-state index < -0.39 is 12.0 Å². The van der Waals surface area contributed by atoms with Crippen LogP contribution in [0.15, 0.2) is 0 Å². The highest BCUT2D eigenvalue weighted by Crippen LogP contribution is 2.29. The van der Waals surface area contributed by atoms with E-state index in [0.29, 0.717) is 6.04 Å². The number of carbonyl (C=O) groups excluding carboxylic acids is 1. The molecule has 0 aromatic carbocycles. The number of Topliss-reactive ketones (excluding diaryl/α,β-unsaturated/α-hetero) is 1. The van der Waals surface area contributed by atoms with Gasteiger partial charge in [-0.15, -0.1) is 0 Å². The van der Waals surface area contributed by atoms with E-state index in [-0.39, 0.29) is 18.1 Å². The smallest absolute Gasteiger partial charge is 0.305 e. The summed E-state index contributed by atoms with van der Waals surface area (Å²) in [7, 11) is 0. The van der Waals surface area contributed by atoms with Crippen LogP contribution in [0.4, 0.5) is 0 Å². The SMILES string of the molecule is O=C(O)C[C@@H]1NC2CCCCC(C2)C1=O. The van der Waals surface area contributed by atoms with Gasteiger partial charge in [-0.05, 0) is 19.3 Å². The van der Waals surface area contributed by atoms with E-state index in [9.17, 15) is 9.59 Å². The highest BCUT2D eigenvalue weighted by Gasteiger charge is 2.37. The van der Waals surface area contributed by atoms with E-state index >= 15 is 0 Å². The van der Waals surface area contributed by atoms with Gasteiger partial charge in [-0.3, -0.25) is 9.59 Å². The normalized spacial score (nSPS) is 36.0. The fourth-order valence-electron chi connectivity index (χ4n) is 2.76. The maximum absolute atomic E-state index is 11.9. The zero-order chi connectivity index (χ0) is 10.8. The molecule has 4 nitrogen and oxygen atoms in total. The van der Waals surface area contributed by atoms with Crippen LogP contribution in [0.25, 0.3) is 0 Å². The fourth-order valence-corrected chi connectivity index (χ4v) is 2.76. The maximum Gasteiger partial charge on any atom is 0.305 e. The number of carbonyl (C=O) groups is 2. The Labute approximate surface area is 89.0 Å². The van der Waals surface area contributed by atoms with Crippen molar-refractivity contribution >= 4 is 11.8 Å². The number of piperidine rings is 1. The Morgan fingerprint density at radius 2 is 2.13 bits per heavy atom. The van der Waals surface area contributed by atoms with Crippen LogP contribution in [0, 0.1) is 5.92 Å². The number of nitrogens with one attached hydrogen (secondary N) is 1. The first-order chi connectivity index (χ1) is 7.16. The lowest BCUT2D eigenvalue weighted by Crippen LogP contribution is -2.52. The minimum Gasteiger partial charge on any atom is -0.481 e. The first kappa shape index (κ1) is 10.6. The summed E-state index contributed by atoms with van der Waals surface area (Å²) in [5.74, 6) is -0.654. The van der Waals surface area contributed by atoms with Gasteiger partial charge in [0.2, 0.25) is 0 Å². The zero-order valence-corrected chi connectivity index (χ0v) is 8.74. The summed E-state index contributed by atoms with van der Waals surface area (Å²) in [6.45, 7) is 0. The second kappa shape index (κ2) is 4.31. The number of carboxylic acids is 1. The summed E-state index contributed by atoms with van der Waals surface area (Å²) in [6.07, 6.45) is 5.14. The molecule has 0 aromatic heterocycles. The Kier molecular flexibility index (Phi) is 3.05. The van der Waals surface area contributed by atoms with Crippen molar-refractivity contribution in [2.24, 2.45) is 5.92 Å². The number of rotatable bonds is 2. The molecular weight excluding hydrogens is 194 g/mol. The van der Waals surface area contributed by atoms with Gasteiger partial charge in [0, 0.05) is 12.0 Å². The van der Waals surface area contributed by atoms with Crippen LogP contribution in [0.3, 0.4) is 0 Å². The zero-order valence-electron chi connectivity index (χ0n) is 8.74. The average Bonchev–Trinajstić information content (AvgIpc) is 2.36. The molecule has 84 valence electrons. The van der Waals surface area contributed by atoms with Crippen molar-refractivity contribution in [2.75, 3.05) is 0 Å². The lowest BCUT2D eigenvalue weighted by atomic mass is 9.84. The number of carboxylic acid groups (broad SMARTS) is 1. The molecule has 3 atom stereocenters. The summed E-state index contributed by atoms with van der Waals surface area (Å²) < 4.78 is 0. The number of ketones is 1. The van der Waals surface area contributed by atoms with E-state index in [2.05, 4.69) is 5.32 Å². The Balaban J connectivity index is 2.07. The van der Waals surface area contributed by atoms with Crippen LogP contribution in [0.2, 0.25) is 0 Å². The molecule has 1 aliphatic heterocycles. The largest absolute Gasteiger partial charge is 0.481 e. The molecule has 1 saturated heterocycles. The number of hydrogen-bond acceptors (Lipinski definition) is 3. The van der Waals surface area contributed by atoms with Gasteiger partial charge in [0.1, 0.15) is 0 Å². The van der Waals surface area contributed by atoms with Gasteiger partial charge in [0.05, 0.1) is 12.5 Å². The molecule has 0 amide bonds. The minimum atomic E-state index is -0.889. The van der Waals surface area contributed by atoms with Crippen LogP contribution >= 0.6 is 0 Å². The summed E-state index contributed by atoms with van der Waals surface area (Å²) in [6, 6.07) is -0.0797. The van der Waals surface area contributed by atoms with Crippen LogP contribution in [0.5, 0.6) is 0 Å². The van der Waals surface area contributed by atoms with Gasteiger partial charge in [-0.1, -0.05) is 12.8 Å². The third kappa shape index (κ3) is 2.37. The average molecular weight is 211 g/mol. The predicted octanol–water partition coefficient (Wildman–Crippen LogP) is 0.951. The molecule has 1 saturated carbocycles. The highest BCUT2D eigenvalue weighted by molar-refractivity contribution is 5.90. The second-order valence-electron chi connectivity index (χ2n) is 4.63. The molecule has 2 bridgehead atoms. The van der Waals surface area contributed by atoms with E-state index in [4.69, 9.17) is 5.11 Å². The number of hydrogen-bond donors (Lipinski definition) is 2. The summed E-state index contributed by atoms with van der Waals surface area (Å²) in [4.78, 5) is 22.5.